The van der Waals surface area contributed by atoms with E-state index < -0.39 is 0 Å². The number of hydrogen-bond donors (Lipinski definition) is 4. The standard InChI is InChI=1S/C15H22N4O2/c1-2-7-17-13(20)6-8-19-15(21)11-4-3-5-12-14(11)18-10-9-16-12/h3-5,16,18H,2,6-10H2,1H3,(H,17,20)(H,19,21). The van der Waals surface area contributed by atoms with Crippen LogP contribution in [0.5, 0.6) is 0 Å². The van der Waals surface area contributed by atoms with Gasteiger partial charge in [0.25, 0.3) is 5.91 Å². The quantitative estimate of drug-likeness (QED) is 0.634. The van der Waals surface area contributed by atoms with Crippen molar-refractivity contribution in [2.24, 2.45) is 0 Å². The molecule has 2 amide bonds. The number of rotatable bonds is 6. The van der Waals surface area contributed by atoms with E-state index in [2.05, 4.69) is 21.3 Å². The minimum Gasteiger partial charge on any atom is -0.382 e. The Hall–Kier alpha value is -2.24. The Morgan fingerprint density at radius 1 is 1.14 bits per heavy atom. The topological polar surface area (TPSA) is 82.3 Å². The Morgan fingerprint density at radius 3 is 2.76 bits per heavy atom. The second kappa shape index (κ2) is 7.52. The maximum atomic E-state index is 12.2. The molecule has 0 aliphatic carbocycles. The molecule has 0 aromatic heterocycles. The van der Waals surface area contributed by atoms with Crippen molar-refractivity contribution in [3.63, 3.8) is 0 Å². The van der Waals surface area contributed by atoms with Gasteiger partial charge in [-0.2, -0.15) is 0 Å². The molecule has 0 saturated carbocycles. The smallest absolute Gasteiger partial charge is 0.253 e. The highest BCUT2D eigenvalue weighted by Crippen LogP contribution is 2.28. The summed E-state index contributed by atoms with van der Waals surface area (Å²) in [5, 5.41) is 12.1. The van der Waals surface area contributed by atoms with Crippen molar-refractivity contribution in [2.45, 2.75) is 19.8 Å². The van der Waals surface area contributed by atoms with Crippen LogP contribution in [0.3, 0.4) is 0 Å². The molecule has 1 aromatic carbocycles. The number of para-hydroxylation sites is 1. The van der Waals surface area contributed by atoms with Gasteiger partial charge in [0.2, 0.25) is 5.91 Å². The molecule has 4 N–H and O–H groups in total. The van der Waals surface area contributed by atoms with Crippen LogP contribution in [0.4, 0.5) is 11.4 Å². The monoisotopic (exact) mass is 290 g/mol. The van der Waals surface area contributed by atoms with Crippen LogP contribution in [-0.4, -0.2) is 38.0 Å². The fourth-order valence-corrected chi connectivity index (χ4v) is 2.20. The van der Waals surface area contributed by atoms with E-state index in [1.165, 1.54) is 0 Å². The molecule has 0 unspecified atom stereocenters. The number of fused-ring (bicyclic) bond motifs is 1. The second-order valence-electron chi connectivity index (χ2n) is 4.94. The highest BCUT2D eigenvalue weighted by molar-refractivity contribution is 6.02. The predicted octanol–water partition coefficient (Wildman–Crippen LogP) is 1.17. The Balaban J connectivity index is 1.88. The van der Waals surface area contributed by atoms with Crippen LogP contribution >= 0.6 is 0 Å². The van der Waals surface area contributed by atoms with E-state index in [4.69, 9.17) is 0 Å². The summed E-state index contributed by atoms with van der Waals surface area (Å²) in [5.74, 6) is -0.196. The summed E-state index contributed by atoms with van der Waals surface area (Å²) in [7, 11) is 0. The molecular formula is C15H22N4O2. The van der Waals surface area contributed by atoms with E-state index in [1.807, 2.05) is 19.1 Å². The Bertz CT molecular complexity index is 516. The molecule has 2 rings (SSSR count). The molecule has 21 heavy (non-hydrogen) atoms. The second-order valence-corrected chi connectivity index (χ2v) is 4.94. The Labute approximate surface area is 124 Å². The summed E-state index contributed by atoms with van der Waals surface area (Å²) in [6.45, 7) is 4.65. The SMILES string of the molecule is CCCNC(=O)CCNC(=O)c1cccc2c1NCCN2. The summed E-state index contributed by atoms with van der Waals surface area (Å²) in [6.07, 6.45) is 1.21. The average Bonchev–Trinajstić information content (AvgIpc) is 2.52. The minimum absolute atomic E-state index is 0.0352. The number of nitrogens with one attached hydrogen (secondary N) is 4. The molecule has 0 saturated heterocycles. The molecule has 1 aliphatic heterocycles. The van der Waals surface area contributed by atoms with Gasteiger partial charge in [-0.05, 0) is 18.6 Å². The van der Waals surface area contributed by atoms with Gasteiger partial charge in [0.15, 0.2) is 0 Å². The Morgan fingerprint density at radius 2 is 1.95 bits per heavy atom. The van der Waals surface area contributed by atoms with E-state index in [-0.39, 0.29) is 11.8 Å². The predicted molar refractivity (Wildman–Crippen MR) is 83.7 cm³/mol. The van der Waals surface area contributed by atoms with Crippen molar-refractivity contribution in [1.29, 1.82) is 0 Å². The lowest BCUT2D eigenvalue weighted by Gasteiger charge is -2.22. The third kappa shape index (κ3) is 4.11. The number of hydrogen-bond acceptors (Lipinski definition) is 4. The largest absolute Gasteiger partial charge is 0.382 e. The molecule has 0 atom stereocenters. The van der Waals surface area contributed by atoms with Crippen molar-refractivity contribution in [2.75, 3.05) is 36.8 Å². The van der Waals surface area contributed by atoms with Crippen LogP contribution < -0.4 is 21.3 Å². The normalized spacial score (nSPS) is 12.6. The number of carbonyl (C=O) groups excluding carboxylic acids is 2. The highest BCUT2D eigenvalue weighted by atomic mass is 16.2. The number of anilines is 2. The van der Waals surface area contributed by atoms with Crippen molar-refractivity contribution in [3.8, 4) is 0 Å². The first kappa shape index (κ1) is 15.2. The third-order valence-electron chi connectivity index (χ3n) is 3.26. The molecule has 0 radical (unpaired) electrons. The molecule has 6 heteroatoms. The van der Waals surface area contributed by atoms with E-state index in [1.54, 1.807) is 6.07 Å². The molecule has 0 spiro atoms. The lowest BCUT2D eigenvalue weighted by Crippen LogP contribution is -2.32. The van der Waals surface area contributed by atoms with Crippen LogP contribution in [0.2, 0.25) is 0 Å². The molecule has 1 aliphatic rings. The van der Waals surface area contributed by atoms with Crippen LogP contribution in [0, 0.1) is 0 Å². The lowest BCUT2D eigenvalue weighted by atomic mass is 10.1. The highest BCUT2D eigenvalue weighted by Gasteiger charge is 2.16. The fourth-order valence-electron chi connectivity index (χ4n) is 2.20. The van der Waals surface area contributed by atoms with Crippen molar-refractivity contribution >= 4 is 23.2 Å². The minimum atomic E-state index is -0.161. The van der Waals surface area contributed by atoms with Gasteiger partial charge in [0.05, 0.1) is 16.9 Å². The maximum Gasteiger partial charge on any atom is 0.253 e. The van der Waals surface area contributed by atoms with Crippen LogP contribution in [-0.2, 0) is 4.79 Å². The van der Waals surface area contributed by atoms with E-state index in [9.17, 15) is 9.59 Å². The molecule has 0 bridgehead atoms. The Kier molecular flexibility index (Phi) is 5.43. The van der Waals surface area contributed by atoms with Gasteiger partial charge in [-0.25, -0.2) is 0 Å². The molecule has 6 nitrogen and oxygen atoms in total. The summed E-state index contributed by atoms with van der Waals surface area (Å²) in [4.78, 5) is 23.7. The molecule has 114 valence electrons. The van der Waals surface area contributed by atoms with Gasteiger partial charge >= 0.3 is 0 Å². The zero-order chi connectivity index (χ0) is 15.1. The zero-order valence-corrected chi connectivity index (χ0v) is 12.3. The number of carbonyl (C=O) groups is 2. The first-order valence-corrected chi connectivity index (χ1v) is 7.38. The van der Waals surface area contributed by atoms with Gasteiger partial charge in [-0.15, -0.1) is 0 Å². The van der Waals surface area contributed by atoms with Gasteiger partial charge < -0.3 is 21.3 Å². The van der Waals surface area contributed by atoms with E-state index >= 15 is 0 Å². The molecule has 0 fully saturated rings. The fraction of sp³-hybridized carbons (Fsp3) is 0.467. The van der Waals surface area contributed by atoms with Crippen LogP contribution in [0.15, 0.2) is 18.2 Å². The van der Waals surface area contributed by atoms with Crippen molar-refractivity contribution in [1.82, 2.24) is 10.6 Å². The van der Waals surface area contributed by atoms with Gasteiger partial charge in [-0.1, -0.05) is 13.0 Å². The van der Waals surface area contributed by atoms with Crippen LogP contribution in [0.25, 0.3) is 0 Å². The first-order chi connectivity index (χ1) is 10.2. The van der Waals surface area contributed by atoms with E-state index in [0.717, 1.165) is 30.9 Å². The van der Waals surface area contributed by atoms with Crippen molar-refractivity contribution < 1.29 is 9.59 Å². The average molecular weight is 290 g/mol. The van der Waals surface area contributed by atoms with Crippen molar-refractivity contribution in [3.05, 3.63) is 23.8 Å². The van der Waals surface area contributed by atoms with Gasteiger partial charge in [0, 0.05) is 32.6 Å². The number of benzene rings is 1. The van der Waals surface area contributed by atoms with Crippen LogP contribution in [0.1, 0.15) is 30.1 Å². The lowest BCUT2D eigenvalue weighted by molar-refractivity contribution is -0.120. The molecular weight excluding hydrogens is 268 g/mol. The summed E-state index contributed by atoms with van der Waals surface area (Å²) in [6, 6.07) is 5.57. The van der Waals surface area contributed by atoms with Gasteiger partial charge in [0.1, 0.15) is 0 Å². The summed E-state index contributed by atoms with van der Waals surface area (Å²) >= 11 is 0. The third-order valence-corrected chi connectivity index (χ3v) is 3.26. The van der Waals surface area contributed by atoms with Gasteiger partial charge in [-0.3, -0.25) is 9.59 Å². The summed E-state index contributed by atoms with van der Waals surface area (Å²) in [5.41, 5.74) is 2.37. The molecule has 1 aromatic rings. The first-order valence-electron chi connectivity index (χ1n) is 7.38. The number of amides is 2. The zero-order valence-electron chi connectivity index (χ0n) is 12.3. The summed E-state index contributed by atoms with van der Waals surface area (Å²) < 4.78 is 0. The maximum absolute atomic E-state index is 12.2. The molecule has 1 heterocycles. The van der Waals surface area contributed by atoms with E-state index in [0.29, 0.717) is 25.1 Å².